The minimum absolute atomic E-state index is 0.194. The maximum absolute atomic E-state index is 11.6. The number of hydrogen-bond acceptors (Lipinski definition) is 2. The first-order valence-corrected chi connectivity index (χ1v) is 3.81. The molecule has 0 saturated heterocycles. The second kappa shape index (κ2) is 6.09. The number of likely N-dealkylation sites (N-methyl/N-ethyl adjacent to an activating group) is 1. The summed E-state index contributed by atoms with van der Waals surface area (Å²) in [6, 6.07) is -0.550. The van der Waals surface area contributed by atoms with Gasteiger partial charge in [0.25, 0.3) is 0 Å². The number of halogens is 1. The van der Waals surface area contributed by atoms with Crippen LogP contribution in [0.3, 0.4) is 0 Å². The Kier molecular flexibility index (Phi) is 5.74. The highest BCUT2D eigenvalue weighted by Crippen LogP contribution is 1.94. The summed E-state index contributed by atoms with van der Waals surface area (Å²) in [4.78, 5) is 10.9. The fourth-order valence-electron chi connectivity index (χ4n) is 0.733. The summed E-state index contributed by atoms with van der Waals surface area (Å²) in [6.45, 7) is 1.98. The van der Waals surface area contributed by atoms with Crippen molar-refractivity contribution < 1.29 is 9.18 Å². The molecule has 0 aromatic rings. The van der Waals surface area contributed by atoms with Gasteiger partial charge in [-0.15, -0.1) is 0 Å². The molecule has 11 heavy (non-hydrogen) atoms. The molecule has 0 rings (SSSR count). The maximum Gasteiger partial charge on any atom is 0.236 e. The van der Waals surface area contributed by atoms with Crippen molar-refractivity contribution in [2.24, 2.45) is 5.73 Å². The number of amides is 1. The van der Waals surface area contributed by atoms with Gasteiger partial charge in [-0.05, 0) is 19.8 Å². The van der Waals surface area contributed by atoms with Gasteiger partial charge in [0.05, 0.1) is 12.7 Å². The van der Waals surface area contributed by atoms with Crippen LogP contribution in [-0.4, -0.2) is 25.2 Å². The average Bonchev–Trinajstić information content (AvgIpc) is 2.00. The Labute approximate surface area is 66.1 Å². The van der Waals surface area contributed by atoms with Crippen molar-refractivity contribution in [3.8, 4) is 0 Å². The molecule has 3 nitrogen and oxygen atoms in total. The van der Waals surface area contributed by atoms with Gasteiger partial charge in [0.1, 0.15) is 0 Å². The molecule has 0 aliphatic rings. The van der Waals surface area contributed by atoms with Gasteiger partial charge >= 0.3 is 0 Å². The van der Waals surface area contributed by atoms with E-state index in [1.807, 2.05) is 6.92 Å². The van der Waals surface area contributed by atoms with E-state index in [0.29, 0.717) is 19.4 Å². The maximum atomic E-state index is 11.6. The predicted molar refractivity (Wildman–Crippen MR) is 41.9 cm³/mol. The van der Waals surface area contributed by atoms with E-state index in [9.17, 15) is 9.18 Å². The summed E-state index contributed by atoms with van der Waals surface area (Å²) < 4.78 is 11.6. The molecule has 0 fully saturated rings. The smallest absolute Gasteiger partial charge is 0.236 e. The second-order valence-electron chi connectivity index (χ2n) is 2.33. The predicted octanol–water partition coefficient (Wildman–Crippen LogP) is 0.199. The Morgan fingerprint density at radius 2 is 2.36 bits per heavy atom. The lowest BCUT2D eigenvalue weighted by atomic mass is 10.1. The van der Waals surface area contributed by atoms with Crippen molar-refractivity contribution in [1.82, 2.24) is 5.32 Å². The molecule has 0 bridgehead atoms. The van der Waals surface area contributed by atoms with Crippen LogP contribution in [0.4, 0.5) is 4.39 Å². The Morgan fingerprint density at radius 3 is 2.82 bits per heavy atom. The minimum atomic E-state index is -0.550. The molecule has 0 saturated carbocycles. The van der Waals surface area contributed by atoms with Gasteiger partial charge in [-0.1, -0.05) is 0 Å². The molecule has 1 amide bonds. The summed E-state index contributed by atoms with van der Waals surface area (Å²) in [7, 11) is 0. The molecular formula is C7H15FN2O. The molecule has 0 aliphatic heterocycles. The lowest BCUT2D eigenvalue weighted by Crippen LogP contribution is -2.40. The number of rotatable bonds is 5. The van der Waals surface area contributed by atoms with E-state index in [-0.39, 0.29) is 5.91 Å². The molecule has 0 aromatic heterocycles. The molecular weight excluding hydrogens is 147 g/mol. The molecule has 0 aliphatic carbocycles. The SMILES string of the molecule is CCNC(=O)C(N)CCCF. The molecule has 0 spiro atoms. The van der Waals surface area contributed by atoms with Crippen molar-refractivity contribution in [3.63, 3.8) is 0 Å². The summed E-state index contributed by atoms with van der Waals surface area (Å²) >= 11 is 0. The van der Waals surface area contributed by atoms with Crippen molar-refractivity contribution >= 4 is 5.91 Å². The summed E-state index contributed by atoms with van der Waals surface area (Å²) in [5, 5.41) is 2.57. The van der Waals surface area contributed by atoms with Crippen LogP contribution in [0, 0.1) is 0 Å². The van der Waals surface area contributed by atoms with E-state index < -0.39 is 12.7 Å². The van der Waals surface area contributed by atoms with Gasteiger partial charge in [-0.3, -0.25) is 9.18 Å². The highest BCUT2D eigenvalue weighted by Gasteiger charge is 2.10. The van der Waals surface area contributed by atoms with Crippen LogP contribution >= 0.6 is 0 Å². The molecule has 4 heteroatoms. The second-order valence-corrected chi connectivity index (χ2v) is 2.33. The average molecular weight is 162 g/mol. The van der Waals surface area contributed by atoms with Crippen molar-refractivity contribution in [3.05, 3.63) is 0 Å². The zero-order valence-corrected chi connectivity index (χ0v) is 6.77. The van der Waals surface area contributed by atoms with E-state index in [0.717, 1.165) is 0 Å². The number of alkyl halides is 1. The van der Waals surface area contributed by atoms with E-state index in [1.165, 1.54) is 0 Å². The molecule has 1 unspecified atom stereocenters. The Balaban J connectivity index is 3.46. The third-order valence-electron chi connectivity index (χ3n) is 1.34. The third kappa shape index (κ3) is 4.72. The Morgan fingerprint density at radius 1 is 1.73 bits per heavy atom. The van der Waals surface area contributed by atoms with Crippen LogP contribution in [0.2, 0.25) is 0 Å². The molecule has 3 N–H and O–H groups in total. The van der Waals surface area contributed by atoms with E-state index in [1.54, 1.807) is 0 Å². The number of carbonyl (C=O) groups is 1. The number of carbonyl (C=O) groups excluding carboxylic acids is 1. The third-order valence-corrected chi connectivity index (χ3v) is 1.34. The number of nitrogens with one attached hydrogen (secondary N) is 1. The van der Waals surface area contributed by atoms with Crippen LogP contribution in [-0.2, 0) is 4.79 Å². The van der Waals surface area contributed by atoms with Crippen LogP contribution in [0.25, 0.3) is 0 Å². The highest BCUT2D eigenvalue weighted by molar-refractivity contribution is 5.81. The van der Waals surface area contributed by atoms with Gasteiger partial charge < -0.3 is 11.1 Å². The molecule has 0 aromatic carbocycles. The van der Waals surface area contributed by atoms with Gasteiger partial charge in [-0.2, -0.15) is 0 Å². The minimum Gasteiger partial charge on any atom is -0.355 e. The lowest BCUT2D eigenvalue weighted by molar-refractivity contribution is -0.122. The van der Waals surface area contributed by atoms with E-state index in [2.05, 4.69) is 5.32 Å². The van der Waals surface area contributed by atoms with Crippen LogP contribution in [0.15, 0.2) is 0 Å². The lowest BCUT2D eigenvalue weighted by Gasteiger charge is -2.08. The van der Waals surface area contributed by atoms with E-state index >= 15 is 0 Å². The van der Waals surface area contributed by atoms with Gasteiger partial charge in [-0.25, -0.2) is 0 Å². The number of hydrogen-bond donors (Lipinski definition) is 2. The monoisotopic (exact) mass is 162 g/mol. The Hall–Kier alpha value is -0.640. The molecule has 0 radical (unpaired) electrons. The van der Waals surface area contributed by atoms with Crippen molar-refractivity contribution in [2.45, 2.75) is 25.8 Å². The Bertz CT molecular complexity index is 119. The fourth-order valence-corrected chi connectivity index (χ4v) is 0.733. The molecule has 66 valence electrons. The highest BCUT2D eigenvalue weighted by atomic mass is 19.1. The first-order valence-electron chi connectivity index (χ1n) is 3.81. The van der Waals surface area contributed by atoms with Crippen LogP contribution in [0.5, 0.6) is 0 Å². The zero-order chi connectivity index (χ0) is 8.69. The first-order chi connectivity index (χ1) is 5.22. The number of nitrogens with two attached hydrogens (primary N) is 1. The van der Waals surface area contributed by atoms with Crippen molar-refractivity contribution in [2.75, 3.05) is 13.2 Å². The summed E-state index contributed by atoms with van der Waals surface area (Å²) in [5.41, 5.74) is 5.41. The van der Waals surface area contributed by atoms with Crippen molar-refractivity contribution in [1.29, 1.82) is 0 Å². The zero-order valence-electron chi connectivity index (χ0n) is 6.77. The molecule has 1 atom stereocenters. The summed E-state index contributed by atoms with van der Waals surface area (Å²) in [5.74, 6) is -0.194. The van der Waals surface area contributed by atoms with Gasteiger partial charge in [0.15, 0.2) is 0 Å². The molecule has 0 heterocycles. The summed E-state index contributed by atoms with van der Waals surface area (Å²) in [6.07, 6.45) is 0.778. The van der Waals surface area contributed by atoms with E-state index in [4.69, 9.17) is 5.73 Å². The topological polar surface area (TPSA) is 55.1 Å². The van der Waals surface area contributed by atoms with Gasteiger partial charge in [0, 0.05) is 6.54 Å². The standard InChI is InChI=1S/C7H15FN2O/c1-2-10-7(11)6(9)4-3-5-8/h6H,2-5,9H2,1H3,(H,10,11). The van der Waals surface area contributed by atoms with Gasteiger partial charge in [0.2, 0.25) is 5.91 Å². The van der Waals surface area contributed by atoms with Crippen LogP contribution < -0.4 is 11.1 Å². The quantitative estimate of drug-likeness (QED) is 0.606. The van der Waals surface area contributed by atoms with Crippen LogP contribution in [0.1, 0.15) is 19.8 Å². The fraction of sp³-hybridized carbons (Fsp3) is 0.857. The largest absolute Gasteiger partial charge is 0.355 e. The normalized spacial score (nSPS) is 12.6. The first kappa shape index (κ1) is 10.4.